The van der Waals surface area contributed by atoms with Crippen LogP contribution in [0.4, 0.5) is 5.69 Å². The maximum Gasteiger partial charge on any atom is 0.354 e. The van der Waals surface area contributed by atoms with Crippen LogP contribution in [0.2, 0.25) is 0 Å². The summed E-state index contributed by atoms with van der Waals surface area (Å²) in [7, 11) is 0. The Balaban J connectivity index is 2.61. The van der Waals surface area contributed by atoms with Gasteiger partial charge >= 0.3 is 5.97 Å². The van der Waals surface area contributed by atoms with Crippen LogP contribution in [0.5, 0.6) is 0 Å². The van der Waals surface area contributed by atoms with Crippen LogP contribution in [-0.4, -0.2) is 17.3 Å². The van der Waals surface area contributed by atoms with E-state index in [1.807, 2.05) is 52.0 Å². The van der Waals surface area contributed by atoms with E-state index in [1.54, 1.807) is 6.92 Å². The molecule has 0 atom stereocenters. The maximum absolute atomic E-state index is 11.6. The second-order valence-corrected chi connectivity index (χ2v) is 5.18. The van der Waals surface area contributed by atoms with Gasteiger partial charge in [-0.25, -0.2) is 4.79 Å². The highest BCUT2D eigenvalue weighted by Gasteiger charge is 2.18. The standard InChI is InChI=1S/C14H20N2O2/c1-10-6-8-12(9-7-10)16-15-11(2)13(17)18-14(3,4)5/h6-9,16H,1-5H3/b15-11-. The molecule has 18 heavy (non-hydrogen) atoms. The zero-order chi connectivity index (χ0) is 13.8. The van der Waals surface area contributed by atoms with Crippen LogP contribution in [0.15, 0.2) is 29.4 Å². The average Bonchev–Trinajstić information content (AvgIpc) is 2.25. The minimum atomic E-state index is -0.502. The van der Waals surface area contributed by atoms with E-state index in [-0.39, 0.29) is 0 Å². The first-order valence-corrected chi connectivity index (χ1v) is 5.88. The van der Waals surface area contributed by atoms with Gasteiger partial charge in [0.25, 0.3) is 0 Å². The molecule has 1 N–H and O–H groups in total. The normalized spacial score (nSPS) is 12.2. The summed E-state index contributed by atoms with van der Waals surface area (Å²) in [6.07, 6.45) is 0. The van der Waals surface area contributed by atoms with Gasteiger partial charge in [-0.05, 0) is 46.8 Å². The van der Waals surface area contributed by atoms with Crippen molar-refractivity contribution in [1.29, 1.82) is 0 Å². The Bertz CT molecular complexity index is 442. The Labute approximate surface area is 108 Å². The van der Waals surface area contributed by atoms with E-state index in [4.69, 9.17) is 4.74 Å². The van der Waals surface area contributed by atoms with Crippen molar-refractivity contribution < 1.29 is 9.53 Å². The molecule has 0 aromatic heterocycles. The highest BCUT2D eigenvalue weighted by atomic mass is 16.6. The molecule has 4 heteroatoms. The molecule has 0 fully saturated rings. The quantitative estimate of drug-likeness (QED) is 0.508. The Morgan fingerprint density at radius 2 is 1.78 bits per heavy atom. The summed E-state index contributed by atoms with van der Waals surface area (Å²) in [5.41, 5.74) is 4.63. The van der Waals surface area contributed by atoms with Gasteiger partial charge in [-0.3, -0.25) is 5.43 Å². The summed E-state index contributed by atoms with van der Waals surface area (Å²) in [6.45, 7) is 9.11. The van der Waals surface area contributed by atoms with E-state index in [2.05, 4.69) is 10.5 Å². The first kappa shape index (κ1) is 14.2. The number of hydrazone groups is 1. The number of aryl methyl sites for hydroxylation is 1. The van der Waals surface area contributed by atoms with Crippen molar-refractivity contribution in [2.24, 2.45) is 5.10 Å². The number of hydrogen-bond acceptors (Lipinski definition) is 4. The van der Waals surface area contributed by atoms with Gasteiger partial charge in [0, 0.05) is 0 Å². The molecular weight excluding hydrogens is 228 g/mol. The summed E-state index contributed by atoms with van der Waals surface area (Å²) < 4.78 is 5.20. The zero-order valence-electron chi connectivity index (χ0n) is 11.6. The molecule has 0 spiro atoms. The fourth-order valence-electron chi connectivity index (χ4n) is 1.17. The first-order valence-electron chi connectivity index (χ1n) is 5.88. The molecule has 0 unspecified atom stereocenters. The van der Waals surface area contributed by atoms with Gasteiger partial charge < -0.3 is 4.74 Å². The smallest absolute Gasteiger partial charge is 0.354 e. The molecular formula is C14H20N2O2. The molecule has 1 aromatic rings. The van der Waals surface area contributed by atoms with Gasteiger partial charge in [0.2, 0.25) is 0 Å². The van der Waals surface area contributed by atoms with Crippen molar-refractivity contribution in [1.82, 2.24) is 0 Å². The van der Waals surface area contributed by atoms with Gasteiger partial charge in [-0.2, -0.15) is 5.10 Å². The third-order valence-corrected chi connectivity index (χ3v) is 2.10. The minimum Gasteiger partial charge on any atom is -0.455 e. The van der Waals surface area contributed by atoms with Gasteiger partial charge in [0.1, 0.15) is 11.3 Å². The van der Waals surface area contributed by atoms with Crippen LogP contribution in [0.1, 0.15) is 33.3 Å². The summed E-state index contributed by atoms with van der Waals surface area (Å²) in [6, 6.07) is 7.75. The molecule has 0 aliphatic carbocycles. The predicted molar refractivity (Wildman–Crippen MR) is 73.8 cm³/mol. The topological polar surface area (TPSA) is 50.7 Å². The predicted octanol–water partition coefficient (Wildman–Crippen LogP) is 3.12. The Morgan fingerprint density at radius 1 is 1.22 bits per heavy atom. The van der Waals surface area contributed by atoms with E-state index in [0.717, 1.165) is 5.69 Å². The highest BCUT2D eigenvalue weighted by Crippen LogP contribution is 2.10. The number of rotatable bonds is 3. The van der Waals surface area contributed by atoms with Crippen LogP contribution < -0.4 is 5.43 Å². The lowest BCUT2D eigenvalue weighted by atomic mass is 10.2. The number of carbonyl (C=O) groups excluding carboxylic acids is 1. The maximum atomic E-state index is 11.6. The molecule has 98 valence electrons. The summed E-state index contributed by atoms with van der Waals surface area (Å²) in [4.78, 5) is 11.6. The molecule has 0 aliphatic heterocycles. The van der Waals surface area contributed by atoms with E-state index in [0.29, 0.717) is 5.71 Å². The number of anilines is 1. The van der Waals surface area contributed by atoms with Crippen molar-refractivity contribution in [3.63, 3.8) is 0 Å². The van der Waals surface area contributed by atoms with Crippen LogP contribution in [0.25, 0.3) is 0 Å². The third kappa shape index (κ3) is 4.99. The van der Waals surface area contributed by atoms with E-state index in [1.165, 1.54) is 5.56 Å². The van der Waals surface area contributed by atoms with Crippen molar-refractivity contribution in [2.45, 2.75) is 40.2 Å². The monoisotopic (exact) mass is 248 g/mol. The number of carbonyl (C=O) groups is 1. The Morgan fingerprint density at radius 3 is 2.28 bits per heavy atom. The van der Waals surface area contributed by atoms with Crippen LogP contribution in [0, 0.1) is 6.92 Å². The van der Waals surface area contributed by atoms with Crippen LogP contribution in [0.3, 0.4) is 0 Å². The summed E-state index contributed by atoms with van der Waals surface area (Å²) >= 11 is 0. The van der Waals surface area contributed by atoms with Gasteiger partial charge in [0.05, 0.1) is 5.69 Å². The van der Waals surface area contributed by atoms with E-state index in [9.17, 15) is 4.79 Å². The molecule has 0 aliphatic rings. The summed E-state index contributed by atoms with van der Waals surface area (Å²) in [5.74, 6) is -0.415. The lowest BCUT2D eigenvalue weighted by molar-refractivity contribution is -0.146. The number of nitrogens with one attached hydrogen (secondary N) is 1. The minimum absolute atomic E-state index is 0.297. The van der Waals surface area contributed by atoms with Gasteiger partial charge in [-0.15, -0.1) is 0 Å². The molecule has 0 saturated carbocycles. The summed E-state index contributed by atoms with van der Waals surface area (Å²) in [5, 5.41) is 4.00. The highest BCUT2D eigenvalue weighted by molar-refractivity contribution is 6.35. The molecule has 0 bridgehead atoms. The number of benzene rings is 1. The second kappa shape index (κ2) is 5.67. The molecule has 1 rings (SSSR count). The van der Waals surface area contributed by atoms with Crippen LogP contribution in [-0.2, 0) is 9.53 Å². The molecule has 4 nitrogen and oxygen atoms in total. The van der Waals surface area contributed by atoms with E-state index < -0.39 is 11.6 Å². The SMILES string of the molecule is C/C(=N/Nc1ccc(C)cc1)C(=O)OC(C)(C)C. The average molecular weight is 248 g/mol. The lowest BCUT2D eigenvalue weighted by Crippen LogP contribution is -2.28. The van der Waals surface area contributed by atoms with Gasteiger partial charge in [0.15, 0.2) is 0 Å². The Kier molecular flexibility index (Phi) is 4.48. The molecule has 0 radical (unpaired) electrons. The van der Waals surface area contributed by atoms with Crippen molar-refractivity contribution in [3.8, 4) is 0 Å². The number of esters is 1. The van der Waals surface area contributed by atoms with Crippen molar-refractivity contribution in [3.05, 3.63) is 29.8 Å². The van der Waals surface area contributed by atoms with Gasteiger partial charge in [-0.1, -0.05) is 17.7 Å². The zero-order valence-corrected chi connectivity index (χ0v) is 11.6. The first-order chi connectivity index (χ1) is 8.28. The molecule has 0 heterocycles. The number of nitrogens with zero attached hydrogens (tertiary/aromatic N) is 1. The molecule has 0 saturated heterocycles. The van der Waals surface area contributed by atoms with E-state index >= 15 is 0 Å². The third-order valence-electron chi connectivity index (χ3n) is 2.10. The number of ether oxygens (including phenoxy) is 1. The van der Waals surface area contributed by atoms with Crippen molar-refractivity contribution >= 4 is 17.4 Å². The molecule has 0 amide bonds. The second-order valence-electron chi connectivity index (χ2n) is 5.18. The fourth-order valence-corrected chi connectivity index (χ4v) is 1.17. The lowest BCUT2D eigenvalue weighted by Gasteiger charge is -2.19. The molecule has 1 aromatic carbocycles. The number of hydrogen-bond donors (Lipinski definition) is 1. The van der Waals surface area contributed by atoms with Crippen LogP contribution >= 0.6 is 0 Å². The fraction of sp³-hybridized carbons (Fsp3) is 0.429. The largest absolute Gasteiger partial charge is 0.455 e. The Hall–Kier alpha value is -1.84. The van der Waals surface area contributed by atoms with Crippen molar-refractivity contribution in [2.75, 3.05) is 5.43 Å².